The molecule has 21 heavy (non-hydrogen) atoms. The van der Waals surface area contributed by atoms with Crippen LogP contribution in [0.5, 0.6) is 0 Å². The Morgan fingerprint density at radius 3 is 2.71 bits per heavy atom. The highest BCUT2D eigenvalue weighted by atomic mass is 19.1. The van der Waals surface area contributed by atoms with Gasteiger partial charge in [0.05, 0.1) is 0 Å². The third-order valence-corrected chi connectivity index (χ3v) is 4.42. The summed E-state index contributed by atoms with van der Waals surface area (Å²) < 4.78 is 13.6. The molecule has 3 heteroatoms. The van der Waals surface area contributed by atoms with Gasteiger partial charge < -0.3 is 5.73 Å². The molecule has 0 fully saturated rings. The molecule has 110 valence electrons. The van der Waals surface area contributed by atoms with Gasteiger partial charge >= 0.3 is 0 Å². The molecule has 0 aliphatic carbocycles. The Balaban J connectivity index is 1.90. The summed E-state index contributed by atoms with van der Waals surface area (Å²) in [4.78, 5) is 2.37. The molecule has 1 aliphatic heterocycles. The van der Waals surface area contributed by atoms with Crippen molar-refractivity contribution in [1.82, 2.24) is 4.90 Å². The predicted octanol–water partition coefficient (Wildman–Crippen LogP) is 3.19. The molecule has 0 amide bonds. The second-order valence-corrected chi connectivity index (χ2v) is 5.74. The first kappa shape index (κ1) is 14.2. The van der Waals surface area contributed by atoms with Crippen molar-refractivity contribution in [2.75, 3.05) is 13.1 Å². The molecule has 0 saturated heterocycles. The summed E-state index contributed by atoms with van der Waals surface area (Å²) in [6.45, 7) is 4.38. The van der Waals surface area contributed by atoms with E-state index in [9.17, 15) is 4.39 Å². The highest BCUT2D eigenvalue weighted by Crippen LogP contribution is 2.29. The Morgan fingerprint density at radius 2 is 1.95 bits per heavy atom. The molecule has 1 aliphatic rings. The molecule has 2 aromatic rings. The normalized spacial score (nSPS) is 16.5. The van der Waals surface area contributed by atoms with Gasteiger partial charge in [-0.3, -0.25) is 4.90 Å². The molecule has 2 aromatic carbocycles. The van der Waals surface area contributed by atoms with Gasteiger partial charge in [0.15, 0.2) is 0 Å². The van der Waals surface area contributed by atoms with Crippen LogP contribution in [0, 0.1) is 12.7 Å². The molecule has 0 saturated carbocycles. The minimum Gasteiger partial charge on any atom is -0.329 e. The van der Waals surface area contributed by atoms with Gasteiger partial charge in [0.2, 0.25) is 0 Å². The highest BCUT2D eigenvalue weighted by Gasteiger charge is 2.24. The Morgan fingerprint density at radius 1 is 1.19 bits per heavy atom. The van der Waals surface area contributed by atoms with Crippen molar-refractivity contribution in [2.24, 2.45) is 5.73 Å². The lowest BCUT2D eigenvalue weighted by Gasteiger charge is -2.36. The zero-order valence-corrected chi connectivity index (χ0v) is 12.3. The van der Waals surface area contributed by atoms with Gasteiger partial charge in [-0.05, 0) is 47.7 Å². The van der Waals surface area contributed by atoms with Crippen LogP contribution in [-0.2, 0) is 13.0 Å². The quantitative estimate of drug-likeness (QED) is 0.938. The summed E-state index contributed by atoms with van der Waals surface area (Å²) in [5.41, 5.74) is 10.9. The van der Waals surface area contributed by atoms with Gasteiger partial charge in [-0.25, -0.2) is 4.39 Å². The standard InChI is InChI=1S/C18H21FN2/c1-13-6-7-16(19)10-17(13)18(11-20)21-9-8-14-4-2-3-5-15(14)12-21/h2-7,10,18H,8-9,11-12,20H2,1H3. The number of benzene rings is 2. The first-order valence-corrected chi connectivity index (χ1v) is 7.46. The number of nitrogens with two attached hydrogens (primary N) is 1. The van der Waals surface area contributed by atoms with Gasteiger partial charge in [-0.1, -0.05) is 30.3 Å². The van der Waals surface area contributed by atoms with Crippen LogP contribution in [0.25, 0.3) is 0 Å². The first-order valence-electron chi connectivity index (χ1n) is 7.46. The lowest BCUT2D eigenvalue weighted by atomic mass is 9.94. The molecule has 1 heterocycles. The van der Waals surface area contributed by atoms with Crippen LogP contribution in [0.2, 0.25) is 0 Å². The lowest BCUT2D eigenvalue weighted by molar-refractivity contribution is 0.183. The van der Waals surface area contributed by atoms with E-state index in [2.05, 4.69) is 29.2 Å². The summed E-state index contributed by atoms with van der Waals surface area (Å²) in [5, 5.41) is 0. The molecule has 0 radical (unpaired) electrons. The molecule has 0 aromatic heterocycles. The van der Waals surface area contributed by atoms with Crippen molar-refractivity contribution in [3.63, 3.8) is 0 Å². The molecule has 3 rings (SSSR count). The fourth-order valence-electron chi connectivity index (χ4n) is 3.23. The van der Waals surface area contributed by atoms with E-state index in [-0.39, 0.29) is 11.9 Å². The average molecular weight is 284 g/mol. The number of aryl methyl sites for hydroxylation is 1. The summed E-state index contributed by atoms with van der Waals surface area (Å²) in [5.74, 6) is -0.188. The Kier molecular flexibility index (Phi) is 4.04. The molecule has 0 spiro atoms. The lowest BCUT2D eigenvalue weighted by Crippen LogP contribution is -2.38. The monoisotopic (exact) mass is 284 g/mol. The van der Waals surface area contributed by atoms with E-state index in [1.165, 1.54) is 17.2 Å². The Bertz CT molecular complexity index is 639. The maximum absolute atomic E-state index is 13.6. The number of rotatable bonds is 3. The number of hydrogen-bond acceptors (Lipinski definition) is 2. The van der Waals surface area contributed by atoms with Crippen molar-refractivity contribution in [2.45, 2.75) is 25.9 Å². The van der Waals surface area contributed by atoms with E-state index in [1.54, 1.807) is 6.07 Å². The summed E-state index contributed by atoms with van der Waals surface area (Å²) in [7, 11) is 0. The van der Waals surface area contributed by atoms with Gasteiger partial charge in [0, 0.05) is 25.7 Å². The first-order chi connectivity index (χ1) is 10.2. The molecule has 2 N–H and O–H groups in total. The van der Waals surface area contributed by atoms with Crippen LogP contribution >= 0.6 is 0 Å². The van der Waals surface area contributed by atoms with Crippen LogP contribution < -0.4 is 5.73 Å². The molecule has 2 nitrogen and oxygen atoms in total. The Labute approximate surface area is 125 Å². The van der Waals surface area contributed by atoms with E-state index in [1.807, 2.05) is 13.0 Å². The second kappa shape index (κ2) is 5.96. The third-order valence-electron chi connectivity index (χ3n) is 4.42. The fraction of sp³-hybridized carbons (Fsp3) is 0.333. The maximum Gasteiger partial charge on any atom is 0.123 e. The van der Waals surface area contributed by atoms with Crippen LogP contribution in [0.15, 0.2) is 42.5 Å². The van der Waals surface area contributed by atoms with Crippen LogP contribution in [0.1, 0.15) is 28.3 Å². The third kappa shape index (κ3) is 2.85. The van der Waals surface area contributed by atoms with Crippen LogP contribution in [0.3, 0.4) is 0 Å². The second-order valence-electron chi connectivity index (χ2n) is 5.74. The zero-order valence-electron chi connectivity index (χ0n) is 12.3. The zero-order chi connectivity index (χ0) is 14.8. The number of nitrogens with zero attached hydrogens (tertiary/aromatic N) is 1. The molecular formula is C18H21FN2. The largest absolute Gasteiger partial charge is 0.329 e. The van der Waals surface area contributed by atoms with Crippen LogP contribution in [0.4, 0.5) is 4.39 Å². The van der Waals surface area contributed by atoms with E-state index >= 15 is 0 Å². The smallest absolute Gasteiger partial charge is 0.123 e. The number of hydrogen-bond donors (Lipinski definition) is 1. The SMILES string of the molecule is Cc1ccc(F)cc1C(CN)N1CCc2ccccc2C1. The van der Waals surface area contributed by atoms with Crippen molar-refractivity contribution in [3.8, 4) is 0 Å². The van der Waals surface area contributed by atoms with Gasteiger partial charge in [0.25, 0.3) is 0 Å². The topological polar surface area (TPSA) is 29.3 Å². The van der Waals surface area contributed by atoms with E-state index in [0.29, 0.717) is 6.54 Å². The fourth-order valence-corrected chi connectivity index (χ4v) is 3.23. The van der Waals surface area contributed by atoms with E-state index in [0.717, 1.165) is 30.6 Å². The maximum atomic E-state index is 13.6. The number of halogens is 1. The molecule has 0 bridgehead atoms. The molecular weight excluding hydrogens is 263 g/mol. The summed E-state index contributed by atoms with van der Waals surface area (Å²) in [6.07, 6.45) is 1.03. The molecule has 1 atom stereocenters. The highest BCUT2D eigenvalue weighted by molar-refractivity contribution is 5.33. The average Bonchev–Trinajstić information content (AvgIpc) is 2.51. The van der Waals surface area contributed by atoms with Crippen molar-refractivity contribution in [1.29, 1.82) is 0 Å². The van der Waals surface area contributed by atoms with Crippen molar-refractivity contribution >= 4 is 0 Å². The van der Waals surface area contributed by atoms with Crippen molar-refractivity contribution < 1.29 is 4.39 Å². The van der Waals surface area contributed by atoms with E-state index in [4.69, 9.17) is 5.73 Å². The van der Waals surface area contributed by atoms with Crippen LogP contribution in [-0.4, -0.2) is 18.0 Å². The minimum absolute atomic E-state index is 0.0778. The summed E-state index contributed by atoms with van der Waals surface area (Å²) >= 11 is 0. The minimum atomic E-state index is -0.188. The predicted molar refractivity (Wildman–Crippen MR) is 83.5 cm³/mol. The van der Waals surface area contributed by atoms with Crippen molar-refractivity contribution in [3.05, 3.63) is 70.5 Å². The number of fused-ring (bicyclic) bond motifs is 1. The molecule has 1 unspecified atom stereocenters. The summed E-state index contributed by atoms with van der Waals surface area (Å²) in [6, 6.07) is 13.6. The van der Waals surface area contributed by atoms with Gasteiger partial charge in [-0.15, -0.1) is 0 Å². The van der Waals surface area contributed by atoms with Gasteiger partial charge in [-0.2, -0.15) is 0 Å². The Hall–Kier alpha value is -1.71. The van der Waals surface area contributed by atoms with Gasteiger partial charge in [0.1, 0.15) is 5.82 Å². The van der Waals surface area contributed by atoms with E-state index < -0.39 is 0 Å².